The fourth-order valence-electron chi connectivity index (χ4n) is 2.07. The summed E-state index contributed by atoms with van der Waals surface area (Å²) in [6.07, 6.45) is 3.08. The van der Waals surface area contributed by atoms with E-state index in [9.17, 15) is 4.79 Å². The lowest BCUT2D eigenvalue weighted by Gasteiger charge is -2.10. The van der Waals surface area contributed by atoms with Gasteiger partial charge in [-0.1, -0.05) is 30.3 Å². The molecule has 0 aliphatic heterocycles. The fourth-order valence-corrected chi connectivity index (χ4v) is 2.07. The number of hydrogen-bond donors (Lipinski definition) is 2. The van der Waals surface area contributed by atoms with Crippen molar-refractivity contribution in [1.29, 1.82) is 5.26 Å². The minimum Gasteiger partial charge on any atom is -0.491 e. The number of nitriles is 1. The van der Waals surface area contributed by atoms with Gasteiger partial charge in [-0.2, -0.15) is 5.26 Å². The van der Waals surface area contributed by atoms with Gasteiger partial charge in [0.2, 0.25) is 5.91 Å². The molecule has 0 atom stereocenters. The summed E-state index contributed by atoms with van der Waals surface area (Å²) in [7, 11) is 0. The van der Waals surface area contributed by atoms with Crippen molar-refractivity contribution in [3.8, 4) is 11.8 Å². The van der Waals surface area contributed by atoms with E-state index in [1.165, 1.54) is 6.08 Å². The number of benzene rings is 2. The van der Waals surface area contributed by atoms with Crippen LogP contribution in [0, 0.1) is 11.3 Å². The molecule has 0 heterocycles. The first-order valence-corrected chi connectivity index (χ1v) is 7.50. The number of carbonyl (C=O) groups is 1. The van der Waals surface area contributed by atoms with Gasteiger partial charge in [-0.15, -0.1) is 0 Å². The molecule has 2 aromatic rings. The predicted molar refractivity (Wildman–Crippen MR) is 91.1 cm³/mol. The first-order valence-electron chi connectivity index (χ1n) is 7.50. The van der Waals surface area contributed by atoms with Crippen LogP contribution in [0.1, 0.15) is 16.7 Å². The van der Waals surface area contributed by atoms with E-state index in [4.69, 9.17) is 15.1 Å². The Hall–Kier alpha value is -3.10. The molecule has 0 unspecified atom stereocenters. The zero-order chi connectivity index (χ0) is 17.2. The van der Waals surface area contributed by atoms with Gasteiger partial charge in [-0.05, 0) is 29.8 Å². The van der Waals surface area contributed by atoms with Crippen molar-refractivity contribution in [1.82, 2.24) is 5.32 Å². The van der Waals surface area contributed by atoms with Gasteiger partial charge in [0.1, 0.15) is 12.4 Å². The van der Waals surface area contributed by atoms with E-state index in [1.54, 1.807) is 30.3 Å². The number of rotatable bonds is 7. The summed E-state index contributed by atoms with van der Waals surface area (Å²) < 4.78 is 5.42. The number of hydrogen-bond acceptors (Lipinski definition) is 4. The van der Waals surface area contributed by atoms with Gasteiger partial charge in [0.15, 0.2) is 0 Å². The van der Waals surface area contributed by atoms with Gasteiger partial charge in [0.25, 0.3) is 0 Å². The maximum Gasteiger partial charge on any atom is 0.244 e. The molecule has 2 N–H and O–H groups in total. The lowest BCUT2D eigenvalue weighted by atomic mass is 10.1. The largest absolute Gasteiger partial charge is 0.491 e. The molecule has 0 fully saturated rings. The van der Waals surface area contributed by atoms with Crippen LogP contribution in [-0.2, 0) is 11.3 Å². The second-order valence-corrected chi connectivity index (χ2v) is 4.97. The van der Waals surface area contributed by atoms with Crippen LogP contribution in [0.25, 0.3) is 6.08 Å². The van der Waals surface area contributed by atoms with Gasteiger partial charge in [0, 0.05) is 18.2 Å². The van der Waals surface area contributed by atoms with Crippen LogP contribution in [0.5, 0.6) is 5.75 Å². The molecule has 5 heteroatoms. The topological polar surface area (TPSA) is 82.4 Å². The normalized spacial score (nSPS) is 10.3. The molecule has 2 rings (SSSR count). The highest BCUT2D eigenvalue weighted by Gasteiger charge is 2.04. The Morgan fingerprint density at radius 2 is 2.08 bits per heavy atom. The monoisotopic (exact) mass is 322 g/mol. The lowest BCUT2D eigenvalue weighted by molar-refractivity contribution is -0.116. The van der Waals surface area contributed by atoms with E-state index in [1.807, 2.05) is 24.3 Å². The molecule has 2 aromatic carbocycles. The smallest absolute Gasteiger partial charge is 0.244 e. The number of para-hydroxylation sites is 1. The SMILES string of the molecule is N#Cc1cccc(/C=C/C(=O)NCc2ccccc2OCCO)c1. The predicted octanol–water partition coefficient (Wildman–Crippen LogP) is 2.26. The summed E-state index contributed by atoms with van der Waals surface area (Å²) in [4.78, 5) is 11.9. The average Bonchev–Trinajstić information content (AvgIpc) is 2.63. The maximum absolute atomic E-state index is 11.9. The Morgan fingerprint density at radius 3 is 2.88 bits per heavy atom. The zero-order valence-electron chi connectivity index (χ0n) is 13.1. The summed E-state index contributed by atoms with van der Waals surface area (Å²) in [5.41, 5.74) is 2.17. The Balaban J connectivity index is 1.93. The molecule has 0 saturated carbocycles. The van der Waals surface area contributed by atoms with Gasteiger partial charge >= 0.3 is 0 Å². The van der Waals surface area contributed by atoms with E-state index in [2.05, 4.69) is 11.4 Å². The average molecular weight is 322 g/mol. The summed E-state index contributed by atoms with van der Waals surface area (Å²) in [5, 5.41) is 20.5. The van der Waals surface area contributed by atoms with Gasteiger partial charge in [-0.3, -0.25) is 4.79 Å². The van der Waals surface area contributed by atoms with Crippen LogP contribution in [0.2, 0.25) is 0 Å². The molecule has 0 radical (unpaired) electrons. The number of aliphatic hydroxyl groups is 1. The van der Waals surface area contributed by atoms with Crippen LogP contribution in [0.15, 0.2) is 54.6 Å². The second kappa shape index (κ2) is 9.13. The van der Waals surface area contributed by atoms with Crippen LogP contribution in [0.3, 0.4) is 0 Å². The number of aliphatic hydroxyl groups excluding tert-OH is 1. The highest BCUT2D eigenvalue weighted by molar-refractivity contribution is 5.91. The van der Waals surface area contributed by atoms with Crippen molar-refractivity contribution in [2.45, 2.75) is 6.54 Å². The molecule has 0 saturated heterocycles. The molecule has 122 valence electrons. The standard InChI is InChI=1S/C19H18N2O3/c20-13-16-5-3-4-15(12-16)8-9-19(23)21-14-17-6-1-2-7-18(17)24-11-10-22/h1-9,12,22H,10-11,14H2,(H,21,23)/b9-8+. The summed E-state index contributed by atoms with van der Waals surface area (Å²) in [6.45, 7) is 0.467. The summed E-state index contributed by atoms with van der Waals surface area (Å²) >= 11 is 0. The van der Waals surface area contributed by atoms with Gasteiger partial charge in [0.05, 0.1) is 18.2 Å². The minimum atomic E-state index is -0.241. The van der Waals surface area contributed by atoms with Crippen LogP contribution in [-0.4, -0.2) is 24.2 Å². The van der Waals surface area contributed by atoms with E-state index in [0.29, 0.717) is 17.9 Å². The second-order valence-electron chi connectivity index (χ2n) is 4.97. The molecule has 5 nitrogen and oxygen atoms in total. The number of carbonyl (C=O) groups excluding carboxylic acids is 1. The zero-order valence-corrected chi connectivity index (χ0v) is 13.1. The van der Waals surface area contributed by atoms with Crippen LogP contribution in [0.4, 0.5) is 0 Å². The van der Waals surface area contributed by atoms with E-state index >= 15 is 0 Å². The number of amides is 1. The van der Waals surface area contributed by atoms with Crippen molar-refractivity contribution in [3.05, 3.63) is 71.3 Å². The van der Waals surface area contributed by atoms with Crippen molar-refractivity contribution in [2.75, 3.05) is 13.2 Å². The summed E-state index contributed by atoms with van der Waals surface area (Å²) in [6, 6.07) is 16.4. The molecule has 1 amide bonds. The van der Waals surface area contributed by atoms with Crippen molar-refractivity contribution in [3.63, 3.8) is 0 Å². The van der Waals surface area contributed by atoms with Crippen LogP contribution < -0.4 is 10.1 Å². The number of nitrogens with zero attached hydrogens (tertiary/aromatic N) is 1. The van der Waals surface area contributed by atoms with Gasteiger partial charge < -0.3 is 15.2 Å². The summed E-state index contributed by atoms with van der Waals surface area (Å²) in [5.74, 6) is 0.395. The molecule has 0 aromatic heterocycles. The third-order valence-electron chi connectivity index (χ3n) is 3.22. The highest BCUT2D eigenvalue weighted by atomic mass is 16.5. The Morgan fingerprint density at radius 1 is 1.25 bits per heavy atom. The number of ether oxygens (including phenoxy) is 1. The van der Waals surface area contributed by atoms with Crippen molar-refractivity contribution >= 4 is 12.0 Å². The Kier molecular flexibility index (Phi) is 6.57. The molecule has 0 aliphatic carbocycles. The maximum atomic E-state index is 11.9. The third-order valence-corrected chi connectivity index (χ3v) is 3.22. The van der Waals surface area contributed by atoms with Crippen molar-refractivity contribution in [2.24, 2.45) is 0 Å². The Labute approximate surface area is 140 Å². The molecular formula is C19H18N2O3. The molecule has 0 spiro atoms. The highest BCUT2D eigenvalue weighted by Crippen LogP contribution is 2.17. The molecule has 0 bridgehead atoms. The third kappa shape index (κ3) is 5.27. The quantitative estimate of drug-likeness (QED) is 0.766. The molecule has 24 heavy (non-hydrogen) atoms. The number of nitrogens with one attached hydrogen (secondary N) is 1. The molecular weight excluding hydrogens is 304 g/mol. The first kappa shape index (κ1) is 17.3. The minimum absolute atomic E-state index is 0.0643. The Bertz CT molecular complexity index is 763. The molecule has 0 aliphatic rings. The van der Waals surface area contributed by atoms with E-state index in [0.717, 1.165) is 11.1 Å². The van der Waals surface area contributed by atoms with Gasteiger partial charge in [-0.25, -0.2) is 0 Å². The van der Waals surface area contributed by atoms with Crippen molar-refractivity contribution < 1.29 is 14.6 Å². The lowest BCUT2D eigenvalue weighted by Crippen LogP contribution is -2.20. The fraction of sp³-hybridized carbons (Fsp3) is 0.158. The van der Waals surface area contributed by atoms with E-state index in [-0.39, 0.29) is 19.1 Å². The van der Waals surface area contributed by atoms with E-state index < -0.39 is 0 Å². The first-order chi connectivity index (χ1) is 11.7. The van der Waals surface area contributed by atoms with Crippen LogP contribution >= 0.6 is 0 Å².